The highest BCUT2D eigenvalue weighted by Gasteiger charge is 2.55. The molecule has 14 aromatic rings. The number of ether oxygens (including phenoxy) is 1. The number of para-hydroxylation sites is 4. The van der Waals surface area contributed by atoms with E-state index in [4.69, 9.17) is 10.2 Å². The van der Waals surface area contributed by atoms with Gasteiger partial charge in [0.2, 0.25) is 6.71 Å². The largest absolute Gasteiger partial charge is 0.457 e. The molecule has 0 N–H and O–H groups in total. The van der Waals surface area contributed by atoms with Gasteiger partial charge in [-0.2, -0.15) is 0 Å². The minimum atomic E-state index is -1.24. The lowest BCUT2D eigenvalue weighted by Crippen LogP contribution is -2.65. The van der Waals surface area contributed by atoms with E-state index >= 15 is 4.39 Å². The molecule has 3 aliphatic rings. The van der Waals surface area contributed by atoms with E-state index < -0.39 is 66.3 Å². The third-order valence-corrected chi connectivity index (χ3v) is 19.6. The van der Waals surface area contributed by atoms with Crippen LogP contribution in [0, 0.1) is 5.82 Å². The minimum absolute atomic E-state index is 0.00725. The maximum absolute atomic E-state index is 18.9. The van der Waals surface area contributed by atoms with Crippen LogP contribution >= 0.6 is 0 Å². The Morgan fingerprint density at radius 1 is 0.407 bits per heavy atom. The first-order chi connectivity index (χ1) is 47.3. The van der Waals surface area contributed by atoms with Gasteiger partial charge >= 0.3 is 0 Å². The molecule has 0 atom stereocenters. The predicted octanol–water partition coefficient (Wildman–Crippen LogP) is 20.3. The minimum Gasteiger partial charge on any atom is -0.457 e. The number of hydrogen-bond acceptors (Lipinski definition) is 2. The summed E-state index contributed by atoms with van der Waals surface area (Å²) in [7, 11) is 0. The van der Waals surface area contributed by atoms with Crippen molar-refractivity contribution < 1.29 is 20.1 Å². The Labute approximate surface area is 543 Å². The molecule has 6 heteroatoms. The Hall–Kier alpha value is -10.2. The molecule has 1 spiro atoms. The second-order valence-electron chi connectivity index (χ2n) is 28.0. The smallest absolute Gasteiger partial charge is 0.247 e. The average Bonchev–Trinajstić information content (AvgIpc) is 1.06. The van der Waals surface area contributed by atoms with E-state index in [1.807, 2.05) is 84.9 Å². The van der Waals surface area contributed by atoms with Crippen molar-refractivity contribution in [3.05, 3.63) is 299 Å². The van der Waals surface area contributed by atoms with Crippen LogP contribution in [0.15, 0.2) is 255 Å². The van der Waals surface area contributed by atoms with E-state index in [-0.39, 0.29) is 38.1 Å². The lowest BCUT2D eigenvalue weighted by molar-refractivity contribution is 0.434. The number of halogens is 1. The molecule has 0 unspecified atom stereocenters. The molecular weight excluding hydrogens is 1110 g/mol. The normalized spacial score (nSPS) is 15.2. The van der Waals surface area contributed by atoms with E-state index in [0.717, 1.165) is 99.6 Å². The molecule has 0 amide bonds. The number of anilines is 3. The summed E-state index contributed by atoms with van der Waals surface area (Å²) in [5, 5.41) is 2.22. The fourth-order valence-corrected chi connectivity index (χ4v) is 15.2. The van der Waals surface area contributed by atoms with E-state index in [1.165, 1.54) is 11.1 Å². The summed E-state index contributed by atoms with van der Waals surface area (Å²) in [6, 6.07) is 67.5. The van der Waals surface area contributed by atoms with Gasteiger partial charge in [-0.15, -0.1) is 0 Å². The van der Waals surface area contributed by atoms with Crippen molar-refractivity contribution in [2.24, 2.45) is 0 Å². The molecule has 12 aromatic carbocycles. The molecule has 0 aliphatic carbocycles. The van der Waals surface area contributed by atoms with Crippen LogP contribution in [0.25, 0.3) is 77.2 Å². The standard InChI is InChI=1S/C85H69BFN3O/c1-82(2,3)54-36-42-74-64(44-54)65-45-55(83(4,5)6)37-43-75(65)88(74)58-38-40-70-68(50-58)85(66-30-18-22-34-78(66)91-79-35-23-19-31-67(79)85)69-48-57(87)49-77-80(69)86(70)71-41-39-59(89-72-32-20-16-28-60(72)61-29-17-21-33-73(61)89)51-76(71)90(77)81-62(52-24-12-10-13-25-52)46-56(84(7,8)9)47-63(81)53-26-14-11-15-27-53/h10-51H,1-9H3/i16D,17D,20D,21D,28D,29D,32D,33D. The van der Waals surface area contributed by atoms with Gasteiger partial charge < -0.3 is 18.8 Å². The van der Waals surface area contributed by atoms with Crippen molar-refractivity contribution in [1.29, 1.82) is 0 Å². The lowest BCUT2D eigenvalue weighted by atomic mass is 9.29. The number of fused-ring (bicyclic) bond motifs is 16. The molecule has 91 heavy (non-hydrogen) atoms. The highest BCUT2D eigenvalue weighted by Crippen LogP contribution is 2.59. The fourth-order valence-electron chi connectivity index (χ4n) is 15.2. The van der Waals surface area contributed by atoms with Crippen LogP contribution in [-0.4, -0.2) is 15.8 Å². The van der Waals surface area contributed by atoms with Crippen LogP contribution in [0.4, 0.5) is 21.5 Å². The van der Waals surface area contributed by atoms with Gasteiger partial charge in [0.05, 0.1) is 44.1 Å². The summed E-state index contributed by atoms with van der Waals surface area (Å²) in [6.45, 7) is 19.5. The third-order valence-electron chi connectivity index (χ3n) is 19.6. The maximum Gasteiger partial charge on any atom is 0.247 e. The summed E-state index contributed by atoms with van der Waals surface area (Å²) < 4.78 is 104. The van der Waals surface area contributed by atoms with E-state index in [1.54, 1.807) is 16.7 Å². The first-order valence-corrected chi connectivity index (χ1v) is 31.5. The van der Waals surface area contributed by atoms with Crippen LogP contribution < -0.4 is 26.0 Å². The lowest BCUT2D eigenvalue weighted by Gasteiger charge is -2.50. The molecule has 440 valence electrons. The number of benzene rings is 12. The summed E-state index contributed by atoms with van der Waals surface area (Å²) in [4.78, 5) is 2.20. The summed E-state index contributed by atoms with van der Waals surface area (Å²) in [5.41, 5.74) is 16.4. The summed E-state index contributed by atoms with van der Waals surface area (Å²) >= 11 is 0. The number of rotatable bonds is 5. The van der Waals surface area contributed by atoms with Crippen LogP contribution in [0.5, 0.6) is 11.5 Å². The fraction of sp³-hybridized carbons (Fsp3) is 0.153. The highest BCUT2D eigenvalue weighted by molar-refractivity contribution is 6.99. The molecule has 0 bridgehead atoms. The highest BCUT2D eigenvalue weighted by atomic mass is 19.1. The molecule has 3 aliphatic heterocycles. The number of hydrogen-bond donors (Lipinski definition) is 0. The Balaban J connectivity index is 1.06. The Bertz CT molecular complexity index is 5610. The molecular formula is C85H69BFN3O. The maximum atomic E-state index is 18.9. The van der Waals surface area contributed by atoms with E-state index in [0.29, 0.717) is 28.6 Å². The summed E-state index contributed by atoms with van der Waals surface area (Å²) in [5.74, 6) is 0.795. The summed E-state index contributed by atoms with van der Waals surface area (Å²) in [6.07, 6.45) is 0. The first kappa shape index (κ1) is 46.9. The monoisotopic (exact) mass is 1190 g/mol. The zero-order chi connectivity index (χ0) is 69.0. The second kappa shape index (κ2) is 19.7. The Kier molecular flexibility index (Phi) is 10.1. The van der Waals surface area contributed by atoms with Crippen LogP contribution in [-0.2, 0) is 21.7 Å². The Morgan fingerprint density at radius 3 is 1.43 bits per heavy atom. The van der Waals surface area contributed by atoms with Gasteiger partial charge in [-0.3, -0.25) is 0 Å². The van der Waals surface area contributed by atoms with E-state index in [9.17, 15) is 5.48 Å². The topological polar surface area (TPSA) is 22.3 Å². The molecule has 2 aromatic heterocycles. The number of aromatic nitrogens is 2. The molecule has 5 heterocycles. The molecule has 0 radical (unpaired) electrons. The third kappa shape index (κ3) is 8.13. The van der Waals surface area contributed by atoms with Crippen molar-refractivity contribution in [3.8, 4) is 45.1 Å². The van der Waals surface area contributed by atoms with Gasteiger partial charge in [-0.25, -0.2) is 4.39 Å². The zero-order valence-corrected chi connectivity index (χ0v) is 52.3. The predicted molar refractivity (Wildman–Crippen MR) is 380 cm³/mol. The zero-order valence-electron chi connectivity index (χ0n) is 60.3. The van der Waals surface area contributed by atoms with Gasteiger partial charge in [0.15, 0.2) is 0 Å². The molecule has 17 rings (SSSR count). The second-order valence-corrected chi connectivity index (χ2v) is 28.0. The van der Waals surface area contributed by atoms with Crippen molar-refractivity contribution in [2.45, 2.75) is 84.0 Å². The van der Waals surface area contributed by atoms with Crippen LogP contribution in [0.2, 0.25) is 0 Å². The molecule has 4 nitrogen and oxygen atoms in total. The average molecular weight is 1190 g/mol. The van der Waals surface area contributed by atoms with Crippen molar-refractivity contribution >= 4 is 83.8 Å². The van der Waals surface area contributed by atoms with Gasteiger partial charge in [0, 0.05) is 66.5 Å². The van der Waals surface area contributed by atoms with Gasteiger partial charge in [-0.05, 0) is 163 Å². The van der Waals surface area contributed by atoms with Gasteiger partial charge in [-0.1, -0.05) is 225 Å². The Morgan fingerprint density at radius 2 is 0.890 bits per heavy atom. The molecule has 0 fully saturated rings. The van der Waals surface area contributed by atoms with Crippen LogP contribution in [0.1, 0.15) is 112 Å². The molecule has 0 saturated carbocycles. The SMILES string of the molecule is [2H]c1c([2H])c([2H])c2c(c1[2H])c1c([2H])c([2H])c([2H])c([2H])c1n2-c1ccc2c(c1)N(c1c(-c3ccccc3)cc(C(C)(C)C)cc1-c1ccccc1)c1cc(F)cc3c1B2c1ccc(-n2c4ccc(C(C)(C)C)cc4c4cc(C(C)(C)C)ccc42)cc1C31c2ccccc2Oc2ccccc21. The van der Waals surface area contributed by atoms with E-state index in [2.05, 4.69) is 181 Å². The van der Waals surface area contributed by atoms with Crippen molar-refractivity contribution in [2.75, 3.05) is 4.90 Å². The van der Waals surface area contributed by atoms with Crippen molar-refractivity contribution in [1.82, 2.24) is 9.13 Å². The van der Waals surface area contributed by atoms with Crippen molar-refractivity contribution in [3.63, 3.8) is 0 Å². The quantitative estimate of drug-likeness (QED) is 0.160. The molecule has 0 saturated heterocycles. The van der Waals surface area contributed by atoms with Gasteiger partial charge in [0.25, 0.3) is 0 Å². The number of nitrogens with zero attached hydrogens (tertiary/aromatic N) is 3. The first-order valence-electron chi connectivity index (χ1n) is 35.5. The van der Waals surface area contributed by atoms with Crippen LogP contribution in [0.3, 0.4) is 0 Å². The van der Waals surface area contributed by atoms with Gasteiger partial charge in [0.1, 0.15) is 17.3 Å².